The van der Waals surface area contributed by atoms with Crippen LogP contribution in [0.25, 0.3) is 31.2 Å². The van der Waals surface area contributed by atoms with E-state index in [0.717, 1.165) is 53.9 Å². The summed E-state index contributed by atoms with van der Waals surface area (Å²) in [6.07, 6.45) is -0.771. The Morgan fingerprint density at radius 3 is 2.34 bits per heavy atom. The molecule has 2 aromatic heterocycles. The summed E-state index contributed by atoms with van der Waals surface area (Å²) in [7, 11) is 1.89. The van der Waals surface area contributed by atoms with Gasteiger partial charge in [0, 0.05) is 31.3 Å². The van der Waals surface area contributed by atoms with E-state index < -0.39 is 35.4 Å². The Bertz CT molecular complexity index is 2170. The van der Waals surface area contributed by atoms with Gasteiger partial charge in [0.15, 0.2) is 0 Å². The standard InChI is InChI=1S/C43H52N6O7S2/c1-26(28-7-9-29(10-8-28)38-27(2)45-25-57-38)46-40(52)35-21-32(50)23-49(35)42(53)39(43(3,4)5)48-37(51)24-55-18-17-54-19-20-56-33-15-16-34-36(22-33)58-41(47-34)30-11-13-31(44-6)14-12-30/h7-16,22,25-26,32,35,39,44,50H,17-21,23-24H2,1-6H3,(H,46,52)(H,48,51)/t26-,32+,35-,39?/m0/s1. The highest BCUT2D eigenvalue weighted by atomic mass is 32.1. The molecule has 0 bridgehead atoms. The number of rotatable bonds is 17. The summed E-state index contributed by atoms with van der Waals surface area (Å²) in [4.78, 5) is 52.1. The number of nitrogens with zero attached hydrogens (tertiary/aromatic N) is 3. The Morgan fingerprint density at radius 2 is 1.66 bits per heavy atom. The van der Waals surface area contributed by atoms with E-state index in [0.29, 0.717) is 13.2 Å². The minimum absolute atomic E-state index is 0.0126. The van der Waals surface area contributed by atoms with Crippen LogP contribution in [0.5, 0.6) is 5.75 Å². The van der Waals surface area contributed by atoms with Gasteiger partial charge in [-0.2, -0.15) is 0 Å². The van der Waals surface area contributed by atoms with Gasteiger partial charge in [0.25, 0.3) is 0 Å². The van der Waals surface area contributed by atoms with E-state index in [1.807, 2.05) is 114 Å². The summed E-state index contributed by atoms with van der Waals surface area (Å²) >= 11 is 3.18. The molecule has 1 unspecified atom stereocenters. The molecule has 3 heterocycles. The summed E-state index contributed by atoms with van der Waals surface area (Å²) in [6.45, 7) is 10.2. The summed E-state index contributed by atoms with van der Waals surface area (Å²) in [5.74, 6) is -0.553. The van der Waals surface area contributed by atoms with Crippen LogP contribution in [-0.4, -0.2) is 103 Å². The molecule has 13 nitrogen and oxygen atoms in total. The molecule has 6 rings (SSSR count). The van der Waals surface area contributed by atoms with Crippen LogP contribution < -0.4 is 20.7 Å². The molecule has 0 spiro atoms. The smallest absolute Gasteiger partial charge is 0.246 e. The summed E-state index contributed by atoms with van der Waals surface area (Å²) < 4.78 is 18.1. The first kappa shape index (κ1) is 42.7. The highest BCUT2D eigenvalue weighted by Gasteiger charge is 2.44. The minimum Gasteiger partial charge on any atom is -0.491 e. The zero-order valence-electron chi connectivity index (χ0n) is 33.7. The number of anilines is 1. The number of thiazole rings is 2. The van der Waals surface area contributed by atoms with Crippen LogP contribution in [0.2, 0.25) is 0 Å². The fourth-order valence-corrected chi connectivity index (χ4v) is 8.53. The van der Waals surface area contributed by atoms with Crippen LogP contribution in [0, 0.1) is 12.3 Å². The molecule has 1 fully saturated rings. The molecule has 4 N–H and O–H groups in total. The Labute approximate surface area is 347 Å². The van der Waals surface area contributed by atoms with E-state index in [2.05, 4.69) is 20.9 Å². The quantitative estimate of drug-likeness (QED) is 0.0792. The van der Waals surface area contributed by atoms with Crippen LogP contribution in [0.15, 0.2) is 72.2 Å². The Hall–Kier alpha value is -4.93. The van der Waals surface area contributed by atoms with Crippen LogP contribution in [0.4, 0.5) is 5.69 Å². The zero-order chi connectivity index (χ0) is 41.4. The molecule has 3 aromatic carbocycles. The monoisotopic (exact) mass is 828 g/mol. The number of carbonyl (C=O) groups excluding carboxylic acids is 3. The number of fused-ring (bicyclic) bond motifs is 1. The van der Waals surface area contributed by atoms with Crippen LogP contribution in [0.3, 0.4) is 0 Å². The number of hydrogen-bond donors (Lipinski definition) is 4. The normalized spacial score (nSPS) is 16.6. The Morgan fingerprint density at radius 1 is 0.948 bits per heavy atom. The van der Waals surface area contributed by atoms with E-state index in [1.54, 1.807) is 22.7 Å². The van der Waals surface area contributed by atoms with E-state index in [1.165, 1.54) is 4.90 Å². The van der Waals surface area contributed by atoms with E-state index >= 15 is 0 Å². The molecular weight excluding hydrogens is 777 g/mol. The maximum absolute atomic E-state index is 14.0. The SMILES string of the molecule is CNc1ccc(-c2nc3ccc(OCCOCCOCC(=O)NC(C(=O)N4C[C@H](O)C[C@H]4C(=O)N[C@@H](C)c4ccc(-c5scnc5C)cc4)C(C)(C)C)cc3s2)cc1. The number of aliphatic hydroxyl groups excluding tert-OH is 1. The molecular formula is C43H52N6O7S2. The third-order valence-corrected chi connectivity index (χ3v) is 12.0. The number of amides is 3. The van der Waals surface area contributed by atoms with Crippen molar-refractivity contribution in [1.82, 2.24) is 25.5 Å². The third-order valence-electron chi connectivity index (χ3n) is 9.94. The van der Waals surface area contributed by atoms with Gasteiger partial charge in [-0.1, -0.05) is 45.0 Å². The lowest BCUT2D eigenvalue weighted by molar-refractivity contribution is -0.144. The predicted molar refractivity (Wildman–Crippen MR) is 228 cm³/mol. The topological polar surface area (TPSA) is 164 Å². The minimum atomic E-state index is -0.960. The maximum atomic E-state index is 14.0. The molecule has 4 atom stereocenters. The first-order valence-electron chi connectivity index (χ1n) is 19.4. The van der Waals surface area contributed by atoms with Crippen molar-refractivity contribution >= 4 is 56.3 Å². The lowest BCUT2D eigenvalue weighted by Crippen LogP contribution is -2.58. The van der Waals surface area contributed by atoms with Gasteiger partial charge in [0.1, 0.15) is 36.1 Å². The van der Waals surface area contributed by atoms with E-state index in [4.69, 9.17) is 19.2 Å². The number of ether oxygens (including phenoxy) is 3. The largest absolute Gasteiger partial charge is 0.491 e. The van der Waals surface area contributed by atoms with Crippen molar-refractivity contribution in [2.45, 2.75) is 65.3 Å². The first-order valence-corrected chi connectivity index (χ1v) is 21.1. The van der Waals surface area contributed by atoms with Crippen molar-refractivity contribution < 1.29 is 33.7 Å². The fraction of sp³-hybridized carbons (Fsp3) is 0.419. The van der Waals surface area contributed by atoms with Crippen LogP contribution >= 0.6 is 22.7 Å². The Balaban J connectivity index is 0.922. The van der Waals surface area contributed by atoms with Crippen molar-refractivity contribution in [1.29, 1.82) is 0 Å². The first-order chi connectivity index (χ1) is 27.8. The molecule has 1 aliphatic heterocycles. The van der Waals surface area contributed by atoms with Crippen molar-refractivity contribution in [3.63, 3.8) is 0 Å². The van der Waals surface area contributed by atoms with Gasteiger partial charge < -0.3 is 40.2 Å². The maximum Gasteiger partial charge on any atom is 0.246 e. The average Bonchev–Trinajstić information content (AvgIpc) is 3.95. The number of aryl methyl sites for hydroxylation is 1. The molecule has 5 aromatic rings. The number of β-amino-alcohol motifs (C(OH)–C–C–N with tert-alkyl or cyclic N) is 1. The van der Waals surface area contributed by atoms with Crippen molar-refractivity contribution in [3.8, 4) is 26.8 Å². The summed E-state index contributed by atoms with van der Waals surface area (Å²) in [5, 5.41) is 20.5. The molecule has 0 aliphatic carbocycles. The molecule has 15 heteroatoms. The predicted octanol–water partition coefficient (Wildman–Crippen LogP) is 6.22. The lowest BCUT2D eigenvalue weighted by atomic mass is 9.85. The van der Waals surface area contributed by atoms with Gasteiger partial charge in [0.05, 0.1) is 58.3 Å². The fourth-order valence-electron chi connectivity index (χ4n) is 6.72. The second kappa shape index (κ2) is 19.2. The molecule has 3 amide bonds. The van der Waals surface area contributed by atoms with Crippen molar-refractivity contribution in [3.05, 3.63) is 83.5 Å². The van der Waals surface area contributed by atoms with Crippen molar-refractivity contribution in [2.75, 3.05) is 51.9 Å². The number of likely N-dealkylation sites (tertiary alicyclic amines) is 1. The number of nitrogens with one attached hydrogen (secondary N) is 3. The number of hydrogen-bond acceptors (Lipinski definition) is 12. The molecule has 308 valence electrons. The highest BCUT2D eigenvalue weighted by Crippen LogP contribution is 2.33. The third kappa shape index (κ3) is 10.8. The van der Waals surface area contributed by atoms with Crippen LogP contribution in [-0.2, 0) is 23.9 Å². The second-order valence-electron chi connectivity index (χ2n) is 15.4. The number of benzene rings is 3. The molecule has 58 heavy (non-hydrogen) atoms. The number of carbonyl (C=O) groups is 3. The van der Waals surface area contributed by atoms with Gasteiger partial charge in [-0.15, -0.1) is 22.7 Å². The second-order valence-corrected chi connectivity index (χ2v) is 17.3. The van der Waals surface area contributed by atoms with Gasteiger partial charge in [-0.3, -0.25) is 14.4 Å². The number of aromatic nitrogens is 2. The Kier molecular flexibility index (Phi) is 14.1. The van der Waals surface area contributed by atoms with Crippen molar-refractivity contribution in [2.24, 2.45) is 5.41 Å². The number of aliphatic hydroxyl groups is 1. The average molecular weight is 829 g/mol. The highest BCUT2D eigenvalue weighted by molar-refractivity contribution is 7.21. The van der Waals surface area contributed by atoms with Gasteiger partial charge in [-0.05, 0) is 72.9 Å². The molecule has 1 aliphatic rings. The molecule has 0 saturated carbocycles. The molecule has 1 saturated heterocycles. The van der Waals surface area contributed by atoms with Gasteiger partial charge in [-0.25, -0.2) is 9.97 Å². The molecule has 0 radical (unpaired) electrons. The summed E-state index contributed by atoms with van der Waals surface area (Å²) in [5.41, 5.74) is 7.06. The van der Waals surface area contributed by atoms with E-state index in [-0.39, 0.29) is 44.7 Å². The lowest BCUT2D eigenvalue weighted by Gasteiger charge is -2.35. The van der Waals surface area contributed by atoms with Gasteiger partial charge >= 0.3 is 0 Å². The zero-order valence-corrected chi connectivity index (χ0v) is 35.4. The van der Waals surface area contributed by atoms with E-state index in [9.17, 15) is 19.5 Å². The van der Waals surface area contributed by atoms with Gasteiger partial charge in [0.2, 0.25) is 17.7 Å². The summed E-state index contributed by atoms with van der Waals surface area (Å²) in [6, 6.07) is 19.7. The van der Waals surface area contributed by atoms with Crippen LogP contribution in [0.1, 0.15) is 51.4 Å².